The molecule has 1 heterocycles. The van der Waals surface area contributed by atoms with E-state index in [0.717, 1.165) is 5.69 Å². The van der Waals surface area contributed by atoms with Crippen molar-refractivity contribution in [2.75, 3.05) is 14.2 Å². The highest BCUT2D eigenvalue weighted by molar-refractivity contribution is 5.55. The highest BCUT2D eigenvalue weighted by atomic mass is 16.5. The van der Waals surface area contributed by atoms with Gasteiger partial charge in [-0.1, -0.05) is 6.07 Å². The zero-order valence-electron chi connectivity index (χ0n) is 8.60. The fraction of sp³-hybridized carbons (Fsp3) is 0.182. The fourth-order valence-electron chi connectivity index (χ4n) is 1.42. The summed E-state index contributed by atoms with van der Waals surface area (Å²) in [6.45, 7) is 0. The van der Waals surface area contributed by atoms with Crippen LogP contribution in [0.5, 0.6) is 11.5 Å². The summed E-state index contributed by atoms with van der Waals surface area (Å²) >= 11 is 0. The SMILES string of the molecule is COc1cccc(-n2[c]ncc2)c1OC. The molecule has 77 valence electrons. The normalized spacial score (nSPS) is 10.0. The van der Waals surface area contributed by atoms with Crippen molar-refractivity contribution in [3.63, 3.8) is 0 Å². The maximum absolute atomic E-state index is 5.30. The van der Waals surface area contributed by atoms with Crippen molar-refractivity contribution in [2.45, 2.75) is 0 Å². The molecule has 0 fully saturated rings. The largest absolute Gasteiger partial charge is 0.493 e. The van der Waals surface area contributed by atoms with Gasteiger partial charge in [0.2, 0.25) is 0 Å². The van der Waals surface area contributed by atoms with E-state index in [1.807, 2.05) is 18.2 Å². The summed E-state index contributed by atoms with van der Waals surface area (Å²) in [5.74, 6) is 1.37. The number of ether oxygens (including phenoxy) is 2. The first-order chi connectivity index (χ1) is 7.36. The van der Waals surface area contributed by atoms with Crippen LogP contribution in [-0.2, 0) is 0 Å². The van der Waals surface area contributed by atoms with Gasteiger partial charge in [-0.2, -0.15) is 0 Å². The van der Waals surface area contributed by atoms with Crippen molar-refractivity contribution in [1.82, 2.24) is 9.55 Å². The maximum Gasteiger partial charge on any atom is 0.184 e. The van der Waals surface area contributed by atoms with Crippen LogP contribution >= 0.6 is 0 Å². The summed E-state index contributed by atoms with van der Waals surface area (Å²) in [6.07, 6.45) is 6.28. The van der Waals surface area contributed by atoms with E-state index in [0.29, 0.717) is 11.5 Å². The minimum absolute atomic E-state index is 0.675. The molecule has 1 radical (unpaired) electrons. The van der Waals surface area contributed by atoms with E-state index in [9.17, 15) is 0 Å². The van der Waals surface area contributed by atoms with Gasteiger partial charge in [0.25, 0.3) is 0 Å². The number of imidazole rings is 1. The van der Waals surface area contributed by atoms with Crippen LogP contribution in [0.4, 0.5) is 0 Å². The van der Waals surface area contributed by atoms with E-state index in [-0.39, 0.29) is 0 Å². The first-order valence-electron chi connectivity index (χ1n) is 4.49. The minimum Gasteiger partial charge on any atom is -0.493 e. The van der Waals surface area contributed by atoms with Crippen LogP contribution in [0.2, 0.25) is 0 Å². The first-order valence-corrected chi connectivity index (χ1v) is 4.49. The monoisotopic (exact) mass is 203 g/mol. The topological polar surface area (TPSA) is 36.3 Å². The lowest BCUT2D eigenvalue weighted by molar-refractivity contribution is 0.354. The molecule has 0 aliphatic rings. The third kappa shape index (κ3) is 1.66. The second-order valence-electron chi connectivity index (χ2n) is 2.91. The van der Waals surface area contributed by atoms with Gasteiger partial charge in [0.05, 0.1) is 19.9 Å². The molecule has 0 aliphatic heterocycles. The molecular weight excluding hydrogens is 192 g/mol. The molecule has 0 saturated heterocycles. The average Bonchev–Trinajstić information content (AvgIpc) is 2.81. The molecule has 0 spiro atoms. The lowest BCUT2D eigenvalue weighted by Gasteiger charge is -2.12. The van der Waals surface area contributed by atoms with Crippen molar-refractivity contribution in [2.24, 2.45) is 0 Å². The Kier molecular flexibility index (Phi) is 2.58. The van der Waals surface area contributed by atoms with E-state index in [1.54, 1.807) is 31.2 Å². The summed E-state index contributed by atoms with van der Waals surface area (Å²) in [6, 6.07) is 5.66. The Bertz CT molecular complexity index is 438. The zero-order valence-corrected chi connectivity index (χ0v) is 8.60. The Morgan fingerprint density at radius 2 is 2.13 bits per heavy atom. The number of para-hydroxylation sites is 1. The summed E-state index contributed by atoms with van der Waals surface area (Å²) in [5, 5.41) is 0. The predicted octanol–water partition coefficient (Wildman–Crippen LogP) is 1.69. The Balaban J connectivity index is 2.56. The first kappa shape index (κ1) is 9.58. The number of hydrogen-bond acceptors (Lipinski definition) is 3. The summed E-state index contributed by atoms with van der Waals surface area (Å²) < 4.78 is 12.3. The number of benzene rings is 1. The second kappa shape index (κ2) is 4.04. The van der Waals surface area contributed by atoms with Crippen molar-refractivity contribution >= 4 is 0 Å². The lowest BCUT2D eigenvalue weighted by Crippen LogP contribution is -1.98. The van der Waals surface area contributed by atoms with Crippen LogP contribution in [0.3, 0.4) is 0 Å². The molecule has 1 aromatic carbocycles. The second-order valence-corrected chi connectivity index (χ2v) is 2.91. The van der Waals surface area contributed by atoms with Crippen LogP contribution in [0, 0.1) is 6.33 Å². The van der Waals surface area contributed by atoms with Crippen LogP contribution in [0.25, 0.3) is 5.69 Å². The molecule has 4 heteroatoms. The summed E-state index contributed by atoms with van der Waals surface area (Å²) in [5.41, 5.74) is 0.856. The number of rotatable bonds is 3. The third-order valence-corrected chi connectivity index (χ3v) is 2.10. The van der Waals surface area contributed by atoms with Gasteiger partial charge in [-0.25, -0.2) is 4.98 Å². The molecule has 0 amide bonds. The molecule has 0 atom stereocenters. The average molecular weight is 203 g/mol. The van der Waals surface area contributed by atoms with Gasteiger partial charge in [0.1, 0.15) is 0 Å². The van der Waals surface area contributed by atoms with Crippen LogP contribution in [-0.4, -0.2) is 23.8 Å². The molecule has 0 bridgehead atoms. The minimum atomic E-state index is 0.675. The Morgan fingerprint density at radius 3 is 2.73 bits per heavy atom. The predicted molar refractivity (Wildman–Crippen MR) is 55.5 cm³/mol. The van der Waals surface area contributed by atoms with E-state index < -0.39 is 0 Å². The van der Waals surface area contributed by atoms with E-state index in [1.165, 1.54) is 0 Å². The van der Waals surface area contributed by atoms with Gasteiger partial charge in [0.15, 0.2) is 17.8 Å². The van der Waals surface area contributed by atoms with Crippen LogP contribution in [0.1, 0.15) is 0 Å². The standard InChI is InChI=1S/C11H11N2O2/c1-14-10-5-3-4-9(11(10)15-2)13-7-6-12-8-13/h3-7H,1-2H3. The molecular formula is C11H11N2O2. The van der Waals surface area contributed by atoms with Crippen molar-refractivity contribution < 1.29 is 9.47 Å². The molecule has 0 saturated carbocycles. The van der Waals surface area contributed by atoms with E-state index in [4.69, 9.17) is 9.47 Å². The fourth-order valence-corrected chi connectivity index (χ4v) is 1.42. The molecule has 2 aromatic rings. The Labute approximate surface area is 88.1 Å². The quantitative estimate of drug-likeness (QED) is 0.761. The highest BCUT2D eigenvalue weighted by Gasteiger charge is 2.10. The lowest BCUT2D eigenvalue weighted by atomic mass is 10.2. The van der Waals surface area contributed by atoms with E-state index >= 15 is 0 Å². The molecule has 0 aliphatic carbocycles. The molecule has 1 aromatic heterocycles. The summed E-state index contributed by atoms with van der Waals surface area (Å²) in [4.78, 5) is 3.87. The van der Waals surface area contributed by atoms with Gasteiger partial charge in [-0.05, 0) is 12.1 Å². The number of nitrogens with zero attached hydrogens (tertiary/aromatic N) is 2. The Morgan fingerprint density at radius 1 is 1.27 bits per heavy atom. The Hall–Kier alpha value is -1.97. The zero-order chi connectivity index (χ0) is 10.7. The van der Waals surface area contributed by atoms with Gasteiger partial charge < -0.3 is 9.47 Å². The van der Waals surface area contributed by atoms with E-state index in [2.05, 4.69) is 11.3 Å². The van der Waals surface area contributed by atoms with Gasteiger partial charge >= 0.3 is 0 Å². The smallest absolute Gasteiger partial charge is 0.184 e. The number of hydrogen-bond donors (Lipinski definition) is 0. The third-order valence-electron chi connectivity index (χ3n) is 2.10. The van der Waals surface area contributed by atoms with Crippen molar-refractivity contribution in [3.05, 3.63) is 36.9 Å². The van der Waals surface area contributed by atoms with Crippen molar-refractivity contribution in [1.29, 1.82) is 0 Å². The highest BCUT2D eigenvalue weighted by Crippen LogP contribution is 2.32. The van der Waals surface area contributed by atoms with Crippen LogP contribution in [0.15, 0.2) is 30.6 Å². The molecule has 0 N–H and O–H groups in total. The maximum atomic E-state index is 5.30. The van der Waals surface area contributed by atoms with Gasteiger partial charge in [-0.3, -0.25) is 4.57 Å². The number of methoxy groups -OCH3 is 2. The van der Waals surface area contributed by atoms with Gasteiger partial charge in [0, 0.05) is 12.4 Å². The van der Waals surface area contributed by atoms with Crippen molar-refractivity contribution in [3.8, 4) is 17.2 Å². The van der Waals surface area contributed by atoms with Crippen LogP contribution < -0.4 is 9.47 Å². The molecule has 15 heavy (non-hydrogen) atoms. The number of aromatic nitrogens is 2. The molecule has 2 rings (SSSR count). The summed E-state index contributed by atoms with van der Waals surface area (Å²) in [7, 11) is 3.22. The molecule has 4 nitrogen and oxygen atoms in total. The molecule has 0 unspecified atom stereocenters. The van der Waals surface area contributed by atoms with Gasteiger partial charge in [-0.15, -0.1) is 0 Å².